The van der Waals surface area contributed by atoms with E-state index in [2.05, 4.69) is 4.98 Å². The molecule has 2 aromatic heterocycles. The highest BCUT2D eigenvalue weighted by atomic mass is 16.3. The van der Waals surface area contributed by atoms with E-state index in [1.165, 1.54) is 5.56 Å². The van der Waals surface area contributed by atoms with Gasteiger partial charge in [0, 0.05) is 11.6 Å². The third kappa shape index (κ3) is 1.91. The minimum absolute atomic E-state index is 0.642. The van der Waals surface area contributed by atoms with Crippen LogP contribution < -0.4 is 0 Å². The molecule has 0 aliphatic heterocycles. The molecule has 0 spiro atoms. The van der Waals surface area contributed by atoms with E-state index < -0.39 is 0 Å². The van der Waals surface area contributed by atoms with Crippen LogP contribution in [0.2, 0.25) is 0 Å². The van der Waals surface area contributed by atoms with Gasteiger partial charge < -0.3 is 4.42 Å². The fraction of sp³-hybridized carbons (Fsp3) is 0.0833. The van der Waals surface area contributed by atoms with Crippen molar-refractivity contribution in [1.82, 2.24) is 4.98 Å². The zero-order valence-electron chi connectivity index (χ0n) is 7.97. The van der Waals surface area contributed by atoms with Gasteiger partial charge >= 0.3 is 0 Å². The van der Waals surface area contributed by atoms with Crippen LogP contribution in [-0.4, -0.2) is 4.98 Å². The summed E-state index contributed by atoms with van der Waals surface area (Å²) < 4.78 is 5.37. The third-order valence-corrected chi connectivity index (χ3v) is 1.94. The van der Waals surface area contributed by atoms with Gasteiger partial charge in [-0.25, -0.2) is 4.98 Å². The zero-order valence-corrected chi connectivity index (χ0v) is 7.97. The van der Waals surface area contributed by atoms with Crippen molar-refractivity contribution < 1.29 is 4.42 Å². The molecule has 14 heavy (non-hydrogen) atoms. The van der Waals surface area contributed by atoms with Gasteiger partial charge in [0.1, 0.15) is 0 Å². The number of hydrogen-bond donors (Lipinski definition) is 0. The summed E-state index contributed by atoms with van der Waals surface area (Å²) in [5.74, 6) is 0. The van der Waals surface area contributed by atoms with Crippen molar-refractivity contribution in [1.29, 1.82) is 0 Å². The smallest absolute Gasteiger partial charge is 0.225 e. The van der Waals surface area contributed by atoms with E-state index in [0.717, 1.165) is 5.39 Å². The van der Waals surface area contributed by atoms with Crippen LogP contribution in [0, 0.1) is 6.92 Å². The summed E-state index contributed by atoms with van der Waals surface area (Å²) >= 11 is 0. The Morgan fingerprint density at radius 3 is 2.93 bits per heavy atom. The van der Waals surface area contributed by atoms with E-state index in [1.54, 1.807) is 12.5 Å². The molecule has 0 aromatic carbocycles. The van der Waals surface area contributed by atoms with Crippen LogP contribution in [0.25, 0.3) is 11.1 Å². The zero-order chi connectivity index (χ0) is 9.80. The van der Waals surface area contributed by atoms with Gasteiger partial charge in [0.2, 0.25) is 5.71 Å². The summed E-state index contributed by atoms with van der Waals surface area (Å²) in [5, 5.41) is 0.992. The minimum atomic E-state index is 0.642. The maximum Gasteiger partial charge on any atom is 0.225 e. The van der Waals surface area contributed by atoms with Crippen molar-refractivity contribution in [2.45, 2.75) is 6.92 Å². The van der Waals surface area contributed by atoms with Gasteiger partial charge in [-0.15, -0.1) is 0 Å². The fourth-order valence-electron chi connectivity index (χ4n) is 1.20. The van der Waals surface area contributed by atoms with E-state index in [1.807, 2.05) is 43.3 Å². The lowest BCUT2D eigenvalue weighted by atomic mass is 10.3. The summed E-state index contributed by atoms with van der Waals surface area (Å²) in [7, 11) is 0. The molecule has 2 nitrogen and oxygen atoms in total. The SMILES string of the molecule is Cc1cccoc2ncccc2cc1. The molecule has 70 valence electrons. The predicted molar refractivity (Wildman–Crippen MR) is 56.4 cm³/mol. The quantitative estimate of drug-likeness (QED) is 0.629. The molecule has 0 N–H and O–H groups in total. The van der Waals surface area contributed by atoms with Crippen LogP contribution in [0.3, 0.4) is 0 Å². The first-order valence-electron chi connectivity index (χ1n) is 4.49. The third-order valence-electron chi connectivity index (χ3n) is 1.94. The Labute approximate surface area is 82.5 Å². The Bertz CT molecular complexity index is 486. The lowest BCUT2D eigenvalue weighted by Gasteiger charge is -1.87. The molecular weight excluding hydrogens is 174 g/mol. The molecule has 0 amide bonds. The van der Waals surface area contributed by atoms with Crippen molar-refractivity contribution in [3.05, 3.63) is 54.4 Å². The molecular formula is C12H11NO. The molecule has 0 fully saturated rings. The molecule has 0 bridgehead atoms. The van der Waals surface area contributed by atoms with Gasteiger partial charge in [0.25, 0.3) is 0 Å². The highest BCUT2D eigenvalue weighted by Gasteiger charge is 1.88. The highest BCUT2D eigenvalue weighted by Crippen LogP contribution is 2.07. The summed E-state index contributed by atoms with van der Waals surface area (Å²) in [5.41, 5.74) is 1.82. The van der Waals surface area contributed by atoms with Gasteiger partial charge in [-0.2, -0.15) is 0 Å². The Hall–Kier alpha value is -1.83. The Morgan fingerprint density at radius 1 is 1.07 bits per heavy atom. The van der Waals surface area contributed by atoms with Gasteiger partial charge in [-0.1, -0.05) is 17.7 Å². The molecule has 2 heteroatoms. The fourth-order valence-corrected chi connectivity index (χ4v) is 1.20. The van der Waals surface area contributed by atoms with E-state index in [-0.39, 0.29) is 0 Å². The van der Waals surface area contributed by atoms with Crippen molar-refractivity contribution in [2.24, 2.45) is 0 Å². The van der Waals surface area contributed by atoms with Crippen molar-refractivity contribution in [2.75, 3.05) is 0 Å². The molecule has 0 aliphatic carbocycles. The largest absolute Gasteiger partial charge is 0.446 e. The second kappa shape index (κ2) is 3.92. The van der Waals surface area contributed by atoms with Crippen LogP contribution in [0.1, 0.15) is 5.56 Å². The lowest BCUT2D eigenvalue weighted by molar-refractivity contribution is 0.594. The summed E-state index contributed by atoms with van der Waals surface area (Å²) in [6, 6.07) is 11.8. The van der Waals surface area contributed by atoms with Crippen LogP contribution >= 0.6 is 0 Å². The maximum atomic E-state index is 5.37. The normalized spacial score (nSPS) is 9.79. The molecule has 0 aliphatic rings. The Morgan fingerprint density at radius 2 is 2.00 bits per heavy atom. The van der Waals surface area contributed by atoms with Crippen molar-refractivity contribution in [3.63, 3.8) is 0 Å². The topological polar surface area (TPSA) is 26.0 Å². The average molecular weight is 185 g/mol. The summed E-state index contributed by atoms with van der Waals surface area (Å²) in [6.07, 6.45) is 3.36. The van der Waals surface area contributed by atoms with Crippen LogP contribution in [0.15, 0.2) is 53.3 Å². The second-order valence-corrected chi connectivity index (χ2v) is 3.09. The average Bonchev–Trinajstić information content (AvgIpc) is 2.30. The molecule has 2 heterocycles. The first kappa shape index (κ1) is 8.75. The standard InChI is InChI=1S/C12H11NO/c1-10-4-3-9-14-12-11(7-6-10)5-2-8-13-12/h2-9H,1H3. The van der Waals surface area contributed by atoms with Crippen LogP contribution in [0.4, 0.5) is 0 Å². The molecule has 2 aromatic rings. The van der Waals surface area contributed by atoms with E-state index >= 15 is 0 Å². The second-order valence-electron chi connectivity index (χ2n) is 3.09. The molecule has 0 atom stereocenters. The van der Waals surface area contributed by atoms with Gasteiger partial charge in [-0.05, 0) is 31.2 Å². The number of pyridine rings is 1. The van der Waals surface area contributed by atoms with Gasteiger partial charge in [0.05, 0.1) is 6.26 Å². The number of fused-ring (bicyclic) bond motifs is 1. The number of aromatic nitrogens is 1. The molecule has 2 rings (SSSR count). The number of hydrogen-bond acceptors (Lipinski definition) is 2. The number of aryl methyl sites for hydroxylation is 1. The number of rotatable bonds is 0. The lowest BCUT2D eigenvalue weighted by Crippen LogP contribution is -1.71. The maximum absolute atomic E-state index is 5.37. The molecule has 0 saturated heterocycles. The van der Waals surface area contributed by atoms with Crippen LogP contribution in [0.5, 0.6) is 0 Å². The first-order valence-corrected chi connectivity index (χ1v) is 4.49. The molecule has 0 unspecified atom stereocenters. The van der Waals surface area contributed by atoms with Gasteiger partial charge in [0.15, 0.2) is 0 Å². The van der Waals surface area contributed by atoms with E-state index in [0.29, 0.717) is 5.71 Å². The van der Waals surface area contributed by atoms with Crippen molar-refractivity contribution in [3.8, 4) is 0 Å². The van der Waals surface area contributed by atoms with E-state index in [4.69, 9.17) is 4.42 Å². The molecule has 0 radical (unpaired) electrons. The highest BCUT2D eigenvalue weighted by molar-refractivity contribution is 5.71. The monoisotopic (exact) mass is 185 g/mol. The predicted octanol–water partition coefficient (Wildman–Crippen LogP) is 3.26. The van der Waals surface area contributed by atoms with Gasteiger partial charge in [-0.3, -0.25) is 0 Å². The molecule has 0 saturated carbocycles. The summed E-state index contributed by atoms with van der Waals surface area (Å²) in [4.78, 5) is 4.14. The Balaban J connectivity index is 2.81. The van der Waals surface area contributed by atoms with Crippen LogP contribution in [-0.2, 0) is 0 Å². The summed E-state index contributed by atoms with van der Waals surface area (Å²) in [6.45, 7) is 2.04. The first-order chi connectivity index (χ1) is 6.86. The number of nitrogens with zero attached hydrogens (tertiary/aromatic N) is 1. The van der Waals surface area contributed by atoms with Crippen molar-refractivity contribution >= 4 is 11.1 Å². The Kier molecular flexibility index (Phi) is 2.45. The van der Waals surface area contributed by atoms with E-state index in [9.17, 15) is 0 Å². The minimum Gasteiger partial charge on any atom is -0.446 e.